The Hall–Kier alpha value is -2.37. The van der Waals surface area contributed by atoms with Crippen molar-refractivity contribution in [3.63, 3.8) is 0 Å². The molecule has 15 heavy (non-hydrogen) atoms. The Kier molecular flexibility index (Phi) is 5.17. The predicted molar refractivity (Wildman–Crippen MR) is 52.4 cm³/mol. The average Bonchev–Trinajstić information content (AvgIpc) is 2.16. The maximum atomic E-state index is 10.8. The Balaban J connectivity index is 4.66. The van der Waals surface area contributed by atoms with Gasteiger partial charge in [-0.1, -0.05) is 13.2 Å². The number of aliphatic carboxylic acids is 1. The van der Waals surface area contributed by atoms with Gasteiger partial charge in [-0.3, -0.25) is 9.59 Å². The van der Waals surface area contributed by atoms with Gasteiger partial charge in [-0.2, -0.15) is 0 Å². The van der Waals surface area contributed by atoms with Gasteiger partial charge in [0.15, 0.2) is 0 Å². The number of hydrogen-bond acceptors (Lipinski definition) is 3. The fourth-order valence-electron chi connectivity index (χ4n) is 0.594. The molecule has 0 aliphatic carbocycles. The molecular formula is C9H10N2O4. The molecule has 0 aliphatic rings. The van der Waals surface area contributed by atoms with Gasteiger partial charge in [-0.15, -0.1) is 0 Å². The van der Waals surface area contributed by atoms with Crippen molar-refractivity contribution in [3.8, 4) is 0 Å². The van der Waals surface area contributed by atoms with Crippen LogP contribution in [0.1, 0.15) is 0 Å². The number of carbonyl (C=O) groups is 3. The van der Waals surface area contributed by atoms with Crippen molar-refractivity contribution in [1.82, 2.24) is 10.6 Å². The summed E-state index contributed by atoms with van der Waals surface area (Å²) < 4.78 is 0. The molecule has 0 saturated heterocycles. The van der Waals surface area contributed by atoms with E-state index in [4.69, 9.17) is 5.11 Å². The molecule has 0 aromatic heterocycles. The van der Waals surface area contributed by atoms with Crippen LogP contribution in [0.15, 0.2) is 37.2 Å². The second-order valence-corrected chi connectivity index (χ2v) is 2.28. The first-order valence-electron chi connectivity index (χ1n) is 3.81. The van der Waals surface area contributed by atoms with E-state index in [-0.39, 0.29) is 5.82 Å². The van der Waals surface area contributed by atoms with E-state index in [1.807, 2.05) is 0 Å². The largest absolute Gasteiger partial charge is 0.478 e. The summed E-state index contributed by atoms with van der Waals surface area (Å²) in [7, 11) is 0. The minimum Gasteiger partial charge on any atom is -0.478 e. The standard InChI is InChI=1S/C9H10N2O4/c1-3-7(12)10-6(5-9(14)15)11-8(13)4-2/h3-5H,1-2H2,(H,10,12)(H,11,13)(H,14,15). The van der Waals surface area contributed by atoms with Crippen LogP contribution in [0.4, 0.5) is 0 Å². The third-order valence-electron chi connectivity index (χ3n) is 1.15. The third-order valence-corrected chi connectivity index (χ3v) is 1.15. The summed E-state index contributed by atoms with van der Waals surface area (Å²) in [6.07, 6.45) is 2.52. The molecule has 0 aromatic rings. The maximum Gasteiger partial charge on any atom is 0.331 e. The molecule has 80 valence electrons. The van der Waals surface area contributed by atoms with Gasteiger partial charge < -0.3 is 15.7 Å². The van der Waals surface area contributed by atoms with Crippen molar-refractivity contribution in [2.45, 2.75) is 0 Å². The zero-order chi connectivity index (χ0) is 11.8. The molecule has 0 rings (SSSR count). The van der Waals surface area contributed by atoms with Gasteiger partial charge in [-0.25, -0.2) is 4.79 Å². The zero-order valence-electron chi connectivity index (χ0n) is 7.82. The van der Waals surface area contributed by atoms with Crippen LogP contribution in [0.5, 0.6) is 0 Å². The lowest BCUT2D eigenvalue weighted by Crippen LogP contribution is -2.33. The second kappa shape index (κ2) is 6.14. The van der Waals surface area contributed by atoms with Crippen LogP contribution >= 0.6 is 0 Å². The molecule has 0 saturated carbocycles. The van der Waals surface area contributed by atoms with E-state index >= 15 is 0 Å². The number of carboxylic acid groups (broad SMARTS) is 1. The van der Waals surface area contributed by atoms with Crippen molar-refractivity contribution < 1.29 is 19.5 Å². The molecule has 0 radical (unpaired) electrons. The Morgan fingerprint density at radius 1 is 1.00 bits per heavy atom. The summed E-state index contributed by atoms with van der Waals surface area (Å²) in [5.41, 5.74) is 0. The Bertz CT molecular complexity index is 320. The Labute approximate surface area is 86.0 Å². The van der Waals surface area contributed by atoms with Gasteiger partial charge >= 0.3 is 5.97 Å². The van der Waals surface area contributed by atoms with E-state index in [1.54, 1.807) is 0 Å². The normalized spacial score (nSPS) is 8.27. The summed E-state index contributed by atoms with van der Waals surface area (Å²) in [5, 5.41) is 12.6. The lowest BCUT2D eigenvalue weighted by molar-refractivity contribution is -0.131. The van der Waals surface area contributed by atoms with Crippen LogP contribution in [-0.2, 0) is 14.4 Å². The topological polar surface area (TPSA) is 95.5 Å². The fourth-order valence-corrected chi connectivity index (χ4v) is 0.594. The summed E-state index contributed by atoms with van der Waals surface area (Å²) in [4.78, 5) is 32.0. The maximum absolute atomic E-state index is 10.8. The van der Waals surface area contributed by atoms with E-state index < -0.39 is 17.8 Å². The lowest BCUT2D eigenvalue weighted by Gasteiger charge is -2.07. The number of hydrogen-bond donors (Lipinski definition) is 3. The van der Waals surface area contributed by atoms with Crippen LogP contribution in [0.25, 0.3) is 0 Å². The summed E-state index contributed by atoms with van der Waals surface area (Å²) in [5.74, 6) is -2.82. The predicted octanol–water partition coefficient (Wildman–Crippen LogP) is -0.483. The molecule has 0 unspecified atom stereocenters. The van der Waals surface area contributed by atoms with E-state index in [0.29, 0.717) is 6.08 Å². The smallest absolute Gasteiger partial charge is 0.331 e. The third kappa shape index (κ3) is 5.81. The zero-order valence-corrected chi connectivity index (χ0v) is 7.82. The molecule has 3 N–H and O–H groups in total. The highest BCUT2D eigenvalue weighted by atomic mass is 16.4. The van der Waals surface area contributed by atoms with Crippen molar-refractivity contribution in [3.05, 3.63) is 37.2 Å². The first-order valence-corrected chi connectivity index (χ1v) is 3.81. The molecule has 0 bridgehead atoms. The quantitative estimate of drug-likeness (QED) is 0.534. The van der Waals surface area contributed by atoms with E-state index in [2.05, 4.69) is 23.8 Å². The molecule has 0 aliphatic heterocycles. The molecule has 0 heterocycles. The highest BCUT2D eigenvalue weighted by Gasteiger charge is 2.05. The van der Waals surface area contributed by atoms with Crippen molar-refractivity contribution in [2.24, 2.45) is 0 Å². The molecule has 2 amide bonds. The van der Waals surface area contributed by atoms with E-state index in [1.165, 1.54) is 0 Å². The SMILES string of the molecule is C=CC(=O)NC(=CC(=O)O)NC(=O)C=C. The summed E-state index contributed by atoms with van der Waals surface area (Å²) >= 11 is 0. The number of nitrogens with one attached hydrogen (secondary N) is 2. The molecule has 6 nitrogen and oxygen atoms in total. The number of amides is 2. The van der Waals surface area contributed by atoms with E-state index in [9.17, 15) is 14.4 Å². The van der Waals surface area contributed by atoms with Gasteiger partial charge in [0.1, 0.15) is 5.82 Å². The van der Waals surface area contributed by atoms with Gasteiger partial charge in [0, 0.05) is 0 Å². The number of carboxylic acids is 1. The Morgan fingerprint density at radius 3 is 1.67 bits per heavy atom. The van der Waals surface area contributed by atoms with Crippen molar-refractivity contribution in [2.75, 3.05) is 0 Å². The van der Waals surface area contributed by atoms with Crippen LogP contribution in [0.2, 0.25) is 0 Å². The Morgan fingerprint density at radius 2 is 1.40 bits per heavy atom. The van der Waals surface area contributed by atoms with Gasteiger partial charge in [0.25, 0.3) is 0 Å². The first kappa shape index (κ1) is 12.6. The molecule has 0 fully saturated rings. The molecule has 0 spiro atoms. The van der Waals surface area contributed by atoms with Crippen LogP contribution in [0, 0.1) is 0 Å². The number of rotatable bonds is 5. The fraction of sp³-hybridized carbons (Fsp3) is 0. The second-order valence-electron chi connectivity index (χ2n) is 2.28. The minimum absolute atomic E-state index is 0.252. The van der Waals surface area contributed by atoms with Gasteiger partial charge in [0.05, 0.1) is 6.08 Å². The molecule has 6 heteroatoms. The first-order chi connectivity index (χ1) is 6.99. The van der Waals surface area contributed by atoms with E-state index in [0.717, 1.165) is 12.2 Å². The number of carbonyl (C=O) groups excluding carboxylic acids is 2. The highest BCUT2D eigenvalue weighted by Crippen LogP contribution is 1.85. The van der Waals surface area contributed by atoms with Gasteiger partial charge in [0.2, 0.25) is 11.8 Å². The average molecular weight is 210 g/mol. The van der Waals surface area contributed by atoms with Crippen molar-refractivity contribution >= 4 is 17.8 Å². The molecule has 0 atom stereocenters. The van der Waals surface area contributed by atoms with Crippen LogP contribution < -0.4 is 10.6 Å². The van der Waals surface area contributed by atoms with Gasteiger partial charge in [-0.05, 0) is 12.2 Å². The molecular weight excluding hydrogens is 200 g/mol. The molecule has 0 aromatic carbocycles. The van der Waals surface area contributed by atoms with Crippen LogP contribution in [-0.4, -0.2) is 22.9 Å². The highest BCUT2D eigenvalue weighted by molar-refractivity contribution is 5.93. The monoisotopic (exact) mass is 210 g/mol. The minimum atomic E-state index is -1.31. The summed E-state index contributed by atoms with van der Waals surface area (Å²) in [6, 6.07) is 0. The summed E-state index contributed by atoms with van der Waals surface area (Å²) in [6.45, 7) is 6.35. The lowest BCUT2D eigenvalue weighted by atomic mass is 10.4. The van der Waals surface area contributed by atoms with Crippen LogP contribution in [0.3, 0.4) is 0 Å². The van der Waals surface area contributed by atoms with Crippen molar-refractivity contribution in [1.29, 1.82) is 0 Å².